The van der Waals surface area contributed by atoms with Crippen LogP contribution in [0, 0.1) is 0 Å². The van der Waals surface area contributed by atoms with Gasteiger partial charge in [0.1, 0.15) is 0 Å². The van der Waals surface area contributed by atoms with E-state index in [2.05, 4.69) is 100 Å². The second kappa shape index (κ2) is 4.34. The third-order valence-electron chi connectivity index (χ3n) is 1.06. The summed E-state index contributed by atoms with van der Waals surface area (Å²) in [7, 11) is 0. The van der Waals surface area contributed by atoms with Crippen LogP contribution >= 0.6 is 80.9 Å². The maximum absolute atomic E-state index is 2.63. The van der Waals surface area contributed by atoms with Gasteiger partial charge >= 0.3 is 114 Å². The van der Waals surface area contributed by atoms with Crippen LogP contribution in [0.15, 0.2) is 19.6 Å². The van der Waals surface area contributed by atoms with E-state index in [4.69, 9.17) is 0 Å². The Morgan fingerprint density at radius 3 is 1.00 bits per heavy atom. The standard InChI is InChI=1S/C4H4Ge2I4/c7-5(8)1-2-6(9,10)4-3-5/h1-4H. The molecule has 1 aliphatic rings. The van der Waals surface area contributed by atoms with Gasteiger partial charge in [-0.05, 0) is 0 Å². The predicted octanol–water partition coefficient (Wildman–Crippen LogP) is 3.89. The van der Waals surface area contributed by atoms with Crippen molar-refractivity contribution < 1.29 is 0 Å². The van der Waals surface area contributed by atoms with E-state index >= 15 is 0 Å². The second-order valence-corrected chi connectivity index (χ2v) is 69.0. The van der Waals surface area contributed by atoms with Gasteiger partial charge in [0, 0.05) is 0 Å². The molecule has 0 fully saturated rings. The van der Waals surface area contributed by atoms with E-state index in [1.165, 1.54) is 0 Å². The molecular formula is C4H4Ge2I4. The Labute approximate surface area is 111 Å². The third-order valence-corrected chi connectivity index (χ3v) is 24.1. The SMILES string of the molecule is [I][Ge]1([I])[CH]=[CH][Ge]([I])([I])[CH]=[CH]1. The summed E-state index contributed by atoms with van der Waals surface area (Å²) in [5, 5.41) is 0. The van der Waals surface area contributed by atoms with Crippen molar-refractivity contribution in [2.24, 2.45) is 0 Å². The number of halogens is 4. The van der Waals surface area contributed by atoms with Crippen molar-refractivity contribution >= 4 is 94.2 Å². The van der Waals surface area contributed by atoms with Crippen LogP contribution in [0.5, 0.6) is 0 Å². The fraction of sp³-hybridized carbons (Fsp3) is 0. The molecule has 0 nitrogen and oxygen atoms in total. The van der Waals surface area contributed by atoms with Crippen LogP contribution in [0.4, 0.5) is 0 Å². The van der Waals surface area contributed by atoms with Crippen molar-refractivity contribution in [3.8, 4) is 0 Å². The average molecular weight is 705 g/mol. The predicted molar refractivity (Wildman–Crippen MR) is 85.9 cm³/mol. The first-order chi connectivity index (χ1) is 4.41. The van der Waals surface area contributed by atoms with E-state index < -0.39 is 13.3 Å². The molecule has 0 spiro atoms. The molecule has 0 unspecified atom stereocenters. The Balaban J connectivity index is 2.81. The van der Waals surface area contributed by atoms with E-state index in [0.717, 1.165) is 0 Å². The number of hydrogen-bond acceptors (Lipinski definition) is 0. The minimum atomic E-state index is -1.52. The fourth-order valence-corrected chi connectivity index (χ4v) is 51.4. The monoisotopic (exact) mass is 707 g/mol. The Kier molecular flexibility index (Phi) is 5.01. The quantitative estimate of drug-likeness (QED) is 0.266. The summed E-state index contributed by atoms with van der Waals surface area (Å²) in [5.41, 5.74) is 0. The van der Waals surface area contributed by atoms with Gasteiger partial charge in [-0.2, -0.15) is 0 Å². The van der Waals surface area contributed by atoms with Gasteiger partial charge in [0.15, 0.2) is 0 Å². The molecule has 0 N–H and O–H groups in total. The summed E-state index contributed by atoms with van der Waals surface area (Å²) < 4.78 is 0. The minimum absolute atomic E-state index is 1.52. The Morgan fingerprint density at radius 1 is 0.600 bits per heavy atom. The molecule has 0 aromatic rings. The van der Waals surface area contributed by atoms with Gasteiger partial charge in [0.05, 0.1) is 0 Å². The molecule has 56 valence electrons. The Morgan fingerprint density at radius 2 is 0.800 bits per heavy atom. The van der Waals surface area contributed by atoms with Crippen molar-refractivity contribution in [1.29, 1.82) is 0 Å². The van der Waals surface area contributed by atoms with Crippen molar-refractivity contribution in [2.75, 3.05) is 0 Å². The first kappa shape index (κ1) is 11.6. The second-order valence-electron chi connectivity index (χ2n) is 2.02. The molecule has 10 heavy (non-hydrogen) atoms. The normalized spacial score (nSPS) is 26.8. The zero-order valence-electron chi connectivity index (χ0n) is 4.82. The van der Waals surface area contributed by atoms with Crippen LogP contribution in [0.3, 0.4) is 0 Å². The molecule has 0 aromatic heterocycles. The summed E-state index contributed by atoms with van der Waals surface area (Å²) in [4.78, 5) is 10.0. The molecule has 0 aromatic carbocycles. The van der Waals surface area contributed by atoms with Crippen LogP contribution in [-0.4, -0.2) is 13.3 Å². The maximum atomic E-state index is 2.63. The average Bonchev–Trinajstić information content (AvgIpc) is 1.79. The van der Waals surface area contributed by atoms with E-state index in [9.17, 15) is 0 Å². The summed E-state index contributed by atoms with van der Waals surface area (Å²) >= 11 is 10.5. The van der Waals surface area contributed by atoms with Crippen LogP contribution in [0.1, 0.15) is 0 Å². The van der Waals surface area contributed by atoms with Gasteiger partial charge in [0.2, 0.25) is 0 Å². The zero-order chi connectivity index (χ0) is 7.83. The molecule has 1 aliphatic heterocycles. The molecule has 0 aliphatic carbocycles. The molecule has 0 saturated carbocycles. The van der Waals surface area contributed by atoms with Crippen molar-refractivity contribution in [3.05, 3.63) is 19.6 Å². The first-order valence-corrected chi connectivity index (χ1v) is 33.0. The van der Waals surface area contributed by atoms with Gasteiger partial charge in [-0.25, -0.2) is 0 Å². The summed E-state index contributed by atoms with van der Waals surface area (Å²) in [5.74, 6) is 0. The molecule has 0 bridgehead atoms. The van der Waals surface area contributed by atoms with Crippen LogP contribution in [0.2, 0.25) is 0 Å². The third kappa shape index (κ3) is 4.13. The first-order valence-electron chi connectivity index (χ1n) is 2.58. The Bertz CT molecular complexity index is 157. The molecule has 0 amide bonds. The summed E-state index contributed by atoms with van der Waals surface area (Å²) in [6.07, 6.45) is 0. The Hall–Kier alpha value is 3.49. The molecule has 1 rings (SSSR count). The van der Waals surface area contributed by atoms with Crippen molar-refractivity contribution in [1.82, 2.24) is 0 Å². The summed E-state index contributed by atoms with van der Waals surface area (Å²) in [6, 6.07) is 0. The molecule has 0 radical (unpaired) electrons. The molecule has 1 heterocycles. The molecule has 0 atom stereocenters. The topological polar surface area (TPSA) is 0 Å². The zero-order valence-corrected chi connectivity index (χ0v) is 17.6. The van der Waals surface area contributed by atoms with Gasteiger partial charge in [-0.15, -0.1) is 0 Å². The van der Waals surface area contributed by atoms with E-state index in [1.54, 1.807) is 0 Å². The van der Waals surface area contributed by atoms with Gasteiger partial charge in [-0.1, -0.05) is 0 Å². The van der Waals surface area contributed by atoms with Gasteiger partial charge in [0.25, 0.3) is 0 Å². The van der Waals surface area contributed by atoms with E-state index in [1.807, 2.05) is 0 Å². The van der Waals surface area contributed by atoms with Crippen LogP contribution < -0.4 is 0 Å². The van der Waals surface area contributed by atoms with E-state index in [-0.39, 0.29) is 0 Å². The van der Waals surface area contributed by atoms with E-state index in [0.29, 0.717) is 0 Å². The molecule has 6 heteroatoms. The summed E-state index contributed by atoms with van der Waals surface area (Å²) in [6.45, 7) is -3.05. The van der Waals surface area contributed by atoms with Crippen molar-refractivity contribution in [3.63, 3.8) is 0 Å². The molecule has 0 saturated heterocycles. The van der Waals surface area contributed by atoms with Crippen LogP contribution in [-0.2, 0) is 0 Å². The van der Waals surface area contributed by atoms with Gasteiger partial charge < -0.3 is 0 Å². The fourth-order valence-electron chi connectivity index (χ4n) is 0.556. The van der Waals surface area contributed by atoms with Crippen LogP contribution in [0.25, 0.3) is 0 Å². The molecular weight excluding hydrogens is 701 g/mol. The number of hydrogen-bond donors (Lipinski definition) is 0. The van der Waals surface area contributed by atoms with Gasteiger partial charge in [-0.3, -0.25) is 0 Å². The number of rotatable bonds is 0. The van der Waals surface area contributed by atoms with Crippen molar-refractivity contribution in [2.45, 2.75) is 0 Å².